The number of hydrogen-bond donors (Lipinski definition) is 0. The van der Waals surface area contributed by atoms with E-state index in [1.807, 2.05) is 18.3 Å². The minimum atomic E-state index is 0.686. The lowest BCUT2D eigenvalue weighted by atomic mass is 9.89. The normalized spacial score (nSPS) is 11.5. The fourth-order valence-electron chi connectivity index (χ4n) is 7.32. The molecule has 0 unspecified atom stereocenters. The van der Waals surface area contributed by atoms with Gasteiger partial charge in [0, 0.05) is 38.5 Å². The average Bonchev–Trinajstić information content (AvgIpc) is 3.60. The second kappa shape index (κ2) is 12.1. The van der Waals surface area contributed by atoms with Crippen molar-refractivity contribution >= 4 is 53.2 Å². The second-order valence-corrected chi connectivity index (χ2v) is 13.8. The Hall–Kier alpha value is -6.49. The Morgan fingerprint density at radius 3 is 1.76 bits per heavy atom. The summed E-state index contributed by atoms with van der Waals surface area (Å²) in [7, 11) is 0. The van der Waals surface area contributed by atoms with Crippen molar-refractivity contribution in [2.24, 2.45) is 0 Å². The molecule has 4 heteroatoms. The quantitative estimate of drug-likeness (QED) is 0.171. The van der Waals surface area contributed by atoms with E-state index in [1.54, 1.807) is 11.3 Å². The molecule has 0 aliphatic carbocycles. The van der Waals surface area contributed by atoms with Crippen LogP contribution in [0.5, 0.6) is 0 Å². The third-order valence-corrected chi connectivity index (χ3v) is 10.9. The summed E-state index contributed by atoms with van der Waals surface area (Å²) in [6.07, 6.45) is 1.93. The summed E-state index contributed by atoms with van der Waals surface area (Å²) >= 11 is 1.79. The average molecular weight is 668 g/mol. The van der Waals surface area contributed by atoms with Crippen molar-refractivity contribution in [1.82, 2.24) is 15.0 Å². The molecular formula is C47H29N3S. The fraction of sp³-hybridized carbons (Fsp3) is 0. The standard InChI is InChI=1S/C47H29N3S/c1-3-13-30(14-4-1)42-29-43(31-15-5-2-6-16-31)50-47(49-42)41-28-33(35-25-26-48-45-39-21-11-12-22-44(39)51-46(35)45)23-24-38(41)40-27-32-17-7-8-18-34(32)36-19-9-10-20-37(36)40/h1-29H. The molecule has 0 fully saturated rings. The zero-order valence-electron chi connectivity index (χ0n) is 27.5. The van der Waals surface area contributed by atoms with Gasteiger partial charge in [0.05, 0.1) is 21.6 Å². The number of hydrogen-bond acceptors (Lipinski definition) is 4. The highest BCUT2D eigenvalue weighted by Crippen LogP contribution is 2.44. The number of aromatic nitrogens is 3. The van der Waals surface area contributed by atoms with Crippen molar-refractivity contribution in [3.05, 3.63) is 176 Å². The van der Waals surface area contributed by atoms with Crippen LogP contribution in [0.2, 0.25) is 0 Å². The number of benzene rings is 7. The predicted molar refractivity (Wildman–Crippen MR) is 215 cm³/mol. The monoisotopic (exact) mass is 667 g/mol. The molecule has 7 aromatic carbocycles. The first-order chi connectivity index (χ1) is 25.3. The minimum absolute atomic E-state index is 0.686. The van der Waals surface area contributed by atoms with E-state index in [4.69, 9.17) is 15.0 Å². The van der Waals surface area contributed by atoms with E-state index < -0.39 is 0 Å². The fourth-order valence-corrected chi connectivity index (χ4v) is 8.52. The minimum Gasteiger partial charge on any atom is -0.255 e. The smallest absolute Gasteiger partial charge is 0.161 e. The van der Waals surface area contributed by atoms with Crippen LogP contribution < -0.4 is 0 Å². The number of nitrogens with zero attached hydrogens (tertiary/aromatic N) is 3. The maximum absolute atomic E-state index is 5.34. The van der Waals surface area contributed by atoms with E-state index in [9.17, 15) is 0 Å². The first kappa shape index (κ1) is 29.4. The van der Waals surface area contributed by atoms with Crippen LogP contribution in [-0.2, 0) is 0 Å². The van der Waals surface area contributed by atoms with Crippen molar-refractivity contribution in [3.63, 3.8) is 0 Å². The molecule has 3 nitrogen and oxygen atoms in total. The van der Waals surface area contributed by atoms with Gasteiger partial charge in [0.25, 0.3) is 0 Å². The summed E-state index contributed by atoms with van der Waals surface area (Å²) in [5, 5.41) is 6.05. The van der Waals surface area contributed by atoms with Gasteiger partial charge in [-0.05, 0) is 68.6 Å². The molecule has 3 heterocycles. The Kier molecular flexibility index (Phi) is 7.00. The van der Waals surface area contributed by atoms with Gasteiger partial charge in [-0.2, -0.15) is 0 Å². The number of fused-ring (bicyclic) bond motifs is 6. The molecule has 0 N–H and O–H groups in total. The number of thiophene rings is 1. The molecule has 0 aliphatic rings. The van der Waals surface area contributed by atoms with Crippen LogP contribution in [-0.4, -0.2) is 15.0 Å². The van der Waals surface area contributed by atoms with E-state index in [2.05, 4.69) is 158 Å². The van der Waals surface area contributed by atoms with Crippen molar-refractivity contribution < 1.29 is 0 Å². The highest BCUT2D eigenvalue weighted by Gasteiger charge is 2.20. The topological polar surface area (TPSA) is 38.7 Å². The SMILES string of the molecule is c1ccc(-c2cc(-c3ccccc3)nc(-c3cc(-c4ccnc5c4sc4ccccc45)ccc3-c3cc4ccccc4c4ccccc34)n2)cc1. The van der Waals surface area contributed by atoms with Crippen LogP contribution in [0.1, 0.15) is 0 Å². The van der Waals surface area contributed by atoms with Gasteiger partial charge < -0.3 is 0 Å². The van der Waals surface area contributed by atoms with Crippen LogP contribution in [0.15, 0.2) is 176 Å². The van der Waals surface area contributed by atoms with Gasteiger partial charge in [-0.25, -0.2) is 9.97 Å². The van der Waals surface area contributed by atoms with E-state index in [0.29, 0.717) is 5.82 Å². The van der Waals surface area contributed by atoms with Gasteiger partial charge in [0.15, 0.2) is 5.82 Å². The van der Waals surface area contributed by atoms with E-state index >= 15 is 0 Å². The van der Waals surface area contributed by atoms with Crippen LogP contribution in [0.25, 0.3) is 98.0 Å². The molecule has 238 valence electrons. The van der Waals surface area contributed by atoms with Crippen LogP contribution in [0, 0.1) is 0 Å². The molecule has 10 aromatic rings. The summed E-state index contributed by atoms with van der Waals surface area (Å²) in [5.74, 6) is 0.686. The summed E-state index contributed by atoms with van der Waals surface area (Å²) in [6, 6.07) is 60.1. The third kappa shape index (κ3) is 5.08. The summed E-state index contributed by atoms with van der Waals surface area (Å²) in [6.45, 7) is 0. The summed E-state index contributed by atoms with van der Waals surface area (Å²) in [5.41, 5.74) is 10.4. The molecule has 0 aliphatic heterocycles. The zero-order valence-corrected chi connectivity index (χ0v) is 28.3. The molecule has 51 heavy (non-hydrogen) atoms. The molecule has 0 saturated carbocycles. The molecule has 10 rings (SSSR count). The van der Waals surface area contributed by atoms with Crippen molar-refractivity contribution in [2.75, 3.05) is 0 Å². The van der Waals surface area contributed by atoms with E-state index in [1.165, 1.54) is 36.3 Å². The molecule has 0 bridgehead atoms. The highest BCUT2D eigenvalue weighted by atomic mass is 32.1. The summed E-state index contributed by atoms with van der Waals surface area (Å²) < 4.78 is 2.41. The molecule has 0 saturated heterocycles. The molecular weight excluding hydrogens is 639 g/mol. The largest absolute Gasteiger partial charge is 0.255 e. The van der Waals surface area contributed by atoms with Gasteiger partial charge in [0.1, 0.15) is 0 Å². The van der Waals surface area contributed by atoms with Crippen molar-refractivity contribution in [1.29, 1.82) is 0 Å². The zero-order chi connectivity index (χ0) is 33.7. The van der Waals surface area contributed by atoms with Gasteiger partial charge in [-0.15, -0.1) is 11.3 Å². The van der Waals surface area contributed by atoms with Crippen molar-refractivity contribution in [2.45, 2.75) is 0 Å². The Morgan fingerprint density at radius 2 is 1.02 bits per heavy atom. The molecule has 0 atom stereocenters. The van der Waals surface area contributed by atoms with Gasteiger partial charge >= 0.3 is 0 Å². The van der Waals surface area contributed by atoms with E-state index in [-0.39, 0.29) is 0 Å². The highest BCUT2D eigenvalue weighted by molar-refractivity contribution is 7.26. The van der Waals surface area contributed by atoms with Crippen LogP contribution in [0.4, 0.5) is 0 Å². The first-order valence-electron chi connectivity index (χ1n) is 17.1. The van der Waals surface area contributed by atoms with E-state index in [0.717, 1.165) is 55.8 Å². The van der Waals surface area contributed by atoms with Gasteiger partial charge in [0.2, 0.25) is 0 Å². The first-order valence-corrected chi connectivity index (χ1v) is 17.9. The number of rotatable bonds is 5. The molecule has 0 amide bonds. The molecule has 0 spiro atoms. The Labute approximate surface area is 299 Å². The predicted octanol–water partition coefficient (Wildman–Crippen LogP) is 12.9. The van der Waals surface area contributed by atoms with Crippen LogP contribution >= 0.6 is 11.3 Å². The molecule has 3 aromatic heterocycles. The van der Waals surface area contributed by atoms with Gasteiger partial charge in [-0.1, -0.05) is 140 Å². The lowest BCUT2D eigenvalue weighted by Gasteiger charge is -2.17. The van der Waals surface area contributed by atoms with Crippen LogP contribution in [0.3, 0.4) is 0 Å². The Bertz CT molecular complexity index is 2860. The maximum Gasteiger partial charge on any atom is 0.161 e. The summed E-state index contributed by atoms with van der Waals surface area (Å²) in [4.78, 5) is 15.5. The Morgan fingerprint density at radius 1 is 0.392 bits per heavy atom. The maximum atomic E-state index is 5.34. The van der Waals surface area contributed by atoms with Crippen molar-refractivity contribution in [3.8, 4) is 56.2 Å². The second-order valence-electron chi connectivity index (χ2n) is 12.8. The third-order valence-electron chi connectivity index (χ3n) is 9.75. The lowest BCUT2D eigenvalue weighted by molar-refractivity contribution is 1.18. The Balaban J connectivity index is 1.29. The van der Waals surface area contributed by atoms with Gasteiger partial charge in [-0.3, -0.25) is 4.98 Å². The lowest BCUT2D eigenvalue weighted by Crippen LogP contribution is -1.98. The molecule has 0 radical (unpaired) electrons. The number of pyridine rings is 1.